The summed E-state index contributed by atoms with van der Waals surface area (Å²) in [6, 6.07) is 6.60. The topological polar surface area (TPSA) is 107 Å². The number of thioether (sulfide) groups is 1. The largest absolute Gasteiger partial charge is 0.307 e. The highest BCUT2D eigenvalue weighted by atomic mass is 32.2. The normalized spacial score (nSPS) is 10.2. The number of rotatable bonds is 5. The number of para-hydroxylation sites is 1. The lowest BCUT2D eigenvalue weighted by Gasteiger charge is -2.03. The van der Waals surface area contributed by atoms with Crippen molar-refractivity contribution in [3.63, 3.8) is 0 Å². The van der Waals surface area contributed by atoms with Gasteiger partial charge >= 0.3 is 0 Å². The first-order valence-corrected chi connectivity index (χ1v) is 6.33. The van der Waals surface area contributed by atoms with Gasteiger partial charge in [-0.1, -0.05) is 12.1 Å². The molecule has 1 aromatic carbocycles. The van der Waals surface area contributed by atoms with Crippen molar-refractivity contribution in [3.05, 3.63) is 52.5 Å². The third kappa shape index (κ3) is 3.39. The van der Waals surface area contributed by atoms with Crippen LogP contribution in [0, 0.1) is 10.1 Å². The lowest BCUT2D eigenvalue weighted by Crippen LogP contribution is -2.08. The molecule has 98 valence electrons. The molecule has 0 aliphatic carbocycles. The highest BCUT2D eigenvalue weighted by Gasteiger charge is 2.12. The first-order valence-electron chi connectivity index (χ1n) is 5.34. The Morgan fingerprint density at radius 3 is 2.74 bits per heavy atom. The fourth-order valence-electron chi connectivity index (χ4n) is 1.39. The summed E-state index contributed by atoms with van der Waals surface area (Å²) < 4.78 is 0. The Balaban J connectivity index is 2.07. The minimum Gasteiger partial charge on any atom is -0.307 e. The third-order valence-electron chi connectivity index (χ3n) is 2.29. The van der Waals surface area contributed by atoms with Gasteiger partial charge in [0.1, 0.15) is 0 Å². The van der Waals surface area contributed by atoms with Gasteiger partial charge in [-0.2, -0.15) is 0 Å². The molecule has 3 N–H and O–H groups in total. The molecule has 0 fully saturated rings. The first kappa shape index (κ1) is 13.2. The second kappa shape index (κ2) is 6.12. The quantitative estimate of drug-likeness (QED) is 0.372. The average molecular weight is 277 g/mol. The van der Waals surface area contributed by atoms with Gasteiger partial charge in [0, 0.05) is 11.8 Å². The van der Waals surface area contributed by atoms with E-state index in [1.165, 1.54) is 24.0 Å². The molecule has 2 rings (SSSR count). The van der Waals surface area contributed by atoms with E-state index in [-0.39, 0.29) is 5.69 Å². The van der Waals surface area contributed by atoms with Crippen molar-refractivity contribution in [2.24, 2.45) is 5.84 Å². The minimum absolute atomic E-state index is 0.0979. The SMILES string of the molecule is NNc1cnc(CSc2ccccc2[N+](=O)[O-])cn1. The van der Waals surface area contributed by atoms with Crippen LogP contribution >= 0.6 is 11.8 Å². The molecule has 2 aromatic rings. The third-order valence-corrected chi connectivity index (χ3v) is 3.39. The molecule has 1 aromatic heterocycles. The van der Waals surface area contributed by atoms with Crippen LogP contribution in [0.15, 0.2) is 41.6 Å². The lowest BCUT2D eigenvalue weighted by molar-refractivity contribution is -0.387. The zero-order valence-electron chi connectivity index (χ0n) is 9.81. The maximum absolute atomic E-state index is 10.9. The van der Waals surface area contributed by atoms with Gasteiger partial charge < -0.3 is 5.43 Å². The Labute approximate surface area is 113 Å². The van der Waals surface area contributed by atoms with Crippen LogP contribution < -0.4 is 11.3 Å². The van der Waals surface area contributed by atoms with Gasteiger partial charge in [-0.25, -0.2) is 10.8 Å². The Morgan fingerprint density at radius 1 is 1.32 bits per heavy atom. The number of nitro groups is 1. The zero-order chi connectivity index (χ0) is 13.7. The van der Waals surface area contributed by atoms with Gasteiger partial charge in [-0.3, -0.25) is 15.1 Å². The van der Waals surface area contributed by atoms with E-state index in [0.29, 0.717) is 16.5 Å². The molecule has 0 saturated carbocycles. The number of aromatic nitrogens is 2. The van der Waals surface area contributed by atoms with Crippen LogP contribution in [0.2, 0.25) is 0 Å². The number of nitrogens with one attached hydrogen (secondary N) is 1. The molecule has 0 amide bonds. The van der Waals surface area contributed by atoms with Crippen LogP contribution in [-0.2, 0) is 5.75 Å². The van der Waals surface area contributed by atoms with Crippen molar-refractivity contribution in [2.75, 3.05) is 5.43 Å². The summed E-state index contributed by atoms with van der Waals surface area (Å²) in [6.07, 6.45) is 3.09. The van der Waals surface area contributed by atoms with E-state index in [4.69, 9.17) is 5.84 Å². The highest BCUT2D eigenvalue weighted by molar-refractivity contribution is 7.98. The molecule has 0 saturated heterocycles. The summed E-state index contributed by atoms with van der Waals surface area (Å²) in [5.74, 6) is 6.16. The van der Waals surface area contributed by atoms with Gasteiger partial charge in [0.2, 0.25) is 0 Å². The number of benzene rings is 1. The van der Waals surface area contributed by atoms with E-state index in [1.54, 1.807) is 24.4 Å². The first-order chi connectivity index (χ1) is 9.20. The Kier molecular flexibility index (Phi) is 4.26. The molecular formula is C11H11N5O2S. The van der Waals surface area contributed by atoms with Gasteiger partial charge in [0.05, 0.1) is 27.9 Å². The molecule has 0 spiro atoms. The van der Waals surface area contributed by atoms with Crippen LogP contribution in [-0.4, -0.2) is 14.9 Å². The van der Waals surface area contributed by atoms with E-state index in [9.17, 15) is 10.1 Å². The predicted molar refractivity (Wildman–Crippen MR) is 72.5 cm³/mol. The lowest BCUT2D eigenvalue weighted by atomic mass is 10.3. The maximum Gasteiger partial charge on any atom is 0.282 e. The molecule has 0 aliphatic heterocycles. The fourth-order valence-corrected chi connectivity index (χ4v) is 2.30. The summed E-state index contributed by atoms with van der Waals surface area (Å²) in [5.41, 5.74) is 3.20. The van der Waals surface area contributed by atoms with Crippen molar-refractivity contribution < 1.29 is 4.92 Å². The molecule has 19 heavy (non-hydrogen) atoms. The second-order valence-corrected chi connectivity index (χ2v) is 4.57. The van der Waals surface area contributed by atoms with Gasteiger partial charge in [-0.15, -0.1) is 11.8 Å². The minimum atomic E-state index is -0.393. The molecule has 0 bridgehead atoms. The van der Waals surface area contributed by atoms with Crippen molar-refractivity contribution in [1.82, 2.24) is 9.97 Å². The smallest absolute Gasteiger partial charge is 0.282 e. The summed E-state index contributed by atoms with van der Waals surface area (Å²) in [6.45, 7) is 0. The Morgan fingerprint density at radius 2 is 2.11 bits per heavy atom. The molecule has 8 heteroatoms. The second-order valence-electron chi connectivity index (χ2n) is 3.55. The molecule has 0 atom stereocenters. The molecular weight excluding hydrogens is 266 g/mol. The van der Waals surface area contributed by atoms with Gasteiger partial charge in [0.15, 0.2) is 5.82 Å². The van der Waals surface area contributed by atoms with E-state index in [1.807, 2.05) is 0 Å². The van der Waals surface area contributed by atoms with Crippen LogP contribution in [0.3, 0.4) is 0 Å². The molecule has 1 heterocycles. The number of nitrogens with zero attached hydrogens (tertiary/aromatic N) is 3. The summed E-state index contributed by atoms with van der Waals surface area (Å²) in [4.78, 5) is 19.2. The zero-order valence-corrected chi connectivity index (χ0v) is 10.6. The van der Waals surface area contributed by atoms with E-state index < -0.39 is 4.92 Å². The summed E-state index contributed by atoms with van der Waals surface area (Å²) in [5, 5.41) is 10.9. The average Bonchev–Trinajstić information content (AvgIpc) is 2.46. The van der Waals surface area contributed by atoms with Crippen LogP contribution in [0.25, 0.3) is 0 Å². The number of hydrazine groups is 1. The number of hydrogen-bond acceptors (Lipinski definition) is 7. The van der Waals surface area contributed by atoms with Crippen molar-refractivity contribution >= 4 is 23.3 Å². The Hall–Kier alpha value is -2.19. The number of nitrogen functional groups attached to an aromatic ring is 1. The van der Waals surface area contributed by atoms with Crippen LogP contribution in [0.1, 0.15) is 5.69 Å². The van der Waals surface area contributed by atoms with Gasteiger partial charge in [-0.05, 0) is 6.07 Å². The number of nitrogens with two attached hydrogens (primary N) is 1. The monoisotopic (exact) mass is 277 g/mol. The van der Waals surface area contributed by atoms with Crippen molar-refractivity contribution in [3.8, 4) is 0 Å². The van der Waals surface area contributed by atoms with Crippen molar-refractivity contribution in [1.29, 1.82) is 0 Å². The van der Waals surface area contributed by atoms with E-state index in [2.05, 4.69) is 15.4 Å². The predicted octanol–water partition coefficient (Wildman–Crippen LogP) is 1.96. The maximum atomic E-state index is 10.9. The summed E-state index contributed by atoms with van der Waals surface area (Å²) in [7, 11) is 0. The standard InChI is InChI=1S/C11H11N5O2S/c12-15-11-6-13-8(5-14-11)7-19-10-4-2-1-3-9(10)16(17)18/h1-6H,7,12H2,(H,14,15). The molecule has 7 nitrogen and oxygen atoms in total. The number of nitro benzene ring substituents is 1. The van der Waals surface area contributed by atoms with Crippen LogP contribution in [0.4, 0.5) is 11.5 Å². The number of hydrogen-bond donors (Lipinski definition) is 2. The van der Waals surface area contributed by atoms with Crippen LogP contribution in [0.5, 0.6) is 0 Å². The molecule has 0 unspecified atom stereocenters. The fraction of sp³-hybridized carbons (Fsp3) is 0.0909. The van der Waals surface area contributed by atoms with E-state index in [0.717, 1.165) is 5.69 Å². The summed E-state index contributed by atoms with van der Waals surface area (Å²) >= 11 is 1.35. The molecule has 0 radical (unpaired) electrons. The van der Waals surface area contributed by atoms with Crippen molar-refractivity contribution in [2.45, 2.75) is 10.6 Å². The van der Waals surface area contributed by atoms with Gasteiger partial charge in [0.25, 0.3) is 5.69 Å². The highest BCUT2D eigenvalue weighted by Crippen LogP contribution is 2.30. The Bertz CT molecular complexity index is 576. The number of anilines is 1. The molecule has 0 aliphatic rings. The van der Waals surface area contributed by atoms with E-state index >= 15 is 0 Å².